The van der Waals surface area contributed by atoms with Crippen LogP contribution in [0.15, 0.2) is 24.3 Å². The molecule has 1 aromatic heterocycles. The molecule has 106 valence electrons. The Morgan fingerprint density at radius 3 is 2.80 bits per heavy atom. The van der Waals surface area contributed by atoms with Crippen LogP contribution in [0.2, 0.25) is 0 Å². The van der Waals surface area contributed by atoms with Gasteiger partial charge in [-0.15, -0.1) is 11.3 Å². The minimum Gasteiger partial charge on any atom is -0.341 e. The number of carbonyl (C=O) groups excluding carboxylic acids is 1. The molecule has 0 aliphatic rings. The number of hydrogen-bond donors (Lipinski definition) is 2. The first kappa shape index (κ1) is 14.9. The van der Waals surface area contributed by atoms with Crippen molar-refractivity contribution in [3.8, 4) is 0 Å². The quantitative estimate of drug-likeness (QED) is 0.821. The number of thiazole rings is 1. The van der Waals surface area contributed by atoms with Gasteiger partial charge in [-0.3, -0.25) is 4.79 Å². The Labute approximate surface area is 128 Å². The number of H-pyrrole nitrogens is 1. The molecule has 0 radical (unpaired) electrons. The van der Waals surface area contributed by atoms with Crippen molar-refractivity contribution < 1.29 is 4.79 Å². The fraction of sp³-hybridized carbons (Fsp3) is 0.333. The summed E-state index contributed by atoms with van der Waals surface area (Å²) in [5.74, 6) is 0.433. The summed E-state index contributed by atoms with van der Waals surface area (Å²) >= 11 is 6.54. The fourth-order valence-electron chi connectivity index (χ4n) is 1.93. The third-order valence-electron chi connectivity index (χ3n) is 3.08. The highest BCUT2D eigenvalue weighted by atomic mass is 32.1. The molecule has 20 heavy (non-hydrogen) atoms. The number of aromatic amines is 1. The van der Waals surface area contributed by atoms with E-state index >= 15 is 0 Å². The number of benzene rings is 1. The van der Waals surface area contributed by atoms with Crippen molar-refractivity contribution in [3.05, 3.63) is 44.4 Å². The molecule has 0 saturated carbocycles. The molecule has 0 fully saturated rings. The lowest BCUT2D eigenvalue weighted by Crippen LogP contribution is -2.14. The summed E-state index contributed by atoms with van der Waals surface area (Å²) in [4.78, 5) is 16.1. The Morgan fingerprint density at radius 2 is 2.20 bits per heavy atom. The minimum absolute atomic E-state index is 0.0146. The maximum Gasteiger partial charge on any atom is 0.229 e. The van der Waals surface area contributed by atoms with Crippen molar-refractivity contribution in [1.82, 2.24) is 4.98 Å². The molecule has 2 rings (SSSR count). The Hall–Kier alpha value is -1.46. The lowest BCUT2D eigenvalue weighted by atomic mass is 10.0. The molecule has 1 heterocycles. The molecule has 2 aromatic rings. The van der Waals surface area contributed by atoms with E-state index in [-0.39, 0.29) is 5.91 Å². The van der Waals surface area contributed by atoms with Gasteiger partial charge in [0.2, 0.25) is 5.91 Å². The van der Waals surface area contributed by atoms with Crippen LogP contribution in [0.5, 0.6) is 0 Å². The summed E-state index contributed by atoms with van der Waals surface area (Å²) in [6.45, 7) is 6.21. The van der Waals surface area contributed by atoms with Crippen LogP contribution in [-0.2, 0) is 11.2 Å². The number of anilines is 1. The Morgan fingerprint density at radius 1 is 1.45 bits per heavy atom. The zero-order chi connectivity index (χ0) is 14.7. The lowest BCUT2D eigenvalue weighted by Gasteiger charge is -2.09. The van der Waals surface area contributed by atoms with E-state index in [1.165, 1.54) is 16.9 Å². The van der Waals surface area contributed by atoms with Gasteiger partial charge >= 0.3 is 0 Å². The third kappa shape index (κ3) is 3.77. The third-order valence-corrected chi connectivity index (χ3v) is 4.42. The van der Waals surface area contributed by atoms with E-state index < -0.39 is 0 Å². The average molecular weight is 306 g/mol. The number of hydrogen-bond acceptors (Lipinski definition) is 3. The van der Waals surface area contributed by atoms with Gasteiger partial charge in [0.1, 0.15) is 0 Å². The fourth-order valence-corrected chi connectivity index (χ4v) is 3.22. The SMILES string of the molecule is Cc1[nH]c(=S)sc1CC(=O)Nc1cccc(C(C)C)c1. The molecule has 5 heteroatoms. The minimum atomic E-state index is -0.0146. The maximum atomic E-state index is 12.1. The van der Waals surface area contributed by atoms with Crippen LogP contribution >= 0.6 is 23.6 Å². The van der Waals surface area contributed by atoms with Gasteiger partial charge in [0.15, 0.2) is 3.95 Å². The molecular weight excluding hydrogens is 288 g/mol. The van der Waals surface area contributed by atoms with Crippen molar-refractivity contribution in [2.75, 3.05) is 5.32 Å². The Kier molecular flexibility index (Phi) is 4.73. The van der Waals surface area contributed by atoms with Crippen molar-refractivity contribution >= 4 is 35.1 Å². The van der Waals surface area contributed by atoms with Gasteiger partial charge in [0, 0.05) is 16.3 Å². The first-order valence-corrected chi connectivity index (χ1v) is 7.76. The van der Waals surface area contributed by atoms with Crippen molar-refractivity contribution in [3.63, 3.8) is 0 Å². The molecule has 2 N–H and O–H groups in total. The standard InChI is InChI=1S/C15H18N2OS2/c1-9(2)11-5-4-6-12(7-11)17-14(18)8-13-10(3)16-15(19)20-13/h4-7,9H,8H2,1-3H3,(H,16,19)(H,17,18). The number of rotatable bonds is 4. The second-order valence-corrected chi connectivity index (χ2v) is 6.84. The largest absolute Gasteiger partial charge is 0.341 e. The highest BCUT2D eigenvalue weighted by Gasteiger charge is 2.09. The van der Waals surface area contributed by atoms with E-state index in [0.717, 1.165) is 16.3 Å². The van der Waals surface area contributed by atoms with E-state index in [0.29, 0.717) is 16.3 Å². The number of aromatic nitrogens is 1. The zero-order valence-electron chi connectivity index (χ0n) is 11.8. The molecule has 0 atom stereocenters. The Bertz CT molecular complexity index is 671. The molecule has 0 aliphatic carbocycles. The van der Waals surface area contributed by atoms with Crippen LogP contribution in [0.1, 0.15) is 35.9 Å². The second kappa shape index (κ2) is 6.33. The van der Waals surface area contributed by atoms with Crippen LogP contribution in [0.4, 0.5) is 5.69 Å². The van der Waals surface area contributed by atoms with Crippen LogP contribution in [0.25, 0.3) is 0 Å². The molecule has 0 bridgehead atoms. The van der Waals surface area contributed by atoms with Crippen LogP contribution in [0, 0.1) is 10.9 Å². The molecule has 0 spiro atoms. The molecule has 0 unspecified atom stereocenters. The molecule has 0 saturated heterocycles. The van der Waals surface area contributed by atoms with E-state index in [2.05, 4.69) is 30.2 Å². The van der Waals surface area contributed by atoms with Gasteiger partial charge in [-0.2, -0.15) is 0 Å². The number of carbonyl (C=O) groups is 1. The van der Waals surface area contributed by atoms with Crippen LogP contribution in [-0.4, -0.2) is 10.9 Å². The number of amides is 1. The van der Waals surface area contributed by atoms with Crippen molar-refractivity contribution in [2.45, 2.75) is 33.1 Å². The Balaban J connectivity index is 2.06. The number of nitrogens with one attached hydrogen (secondary N) is 2. The van der Waals surface area contributed by atoms with Crippen molar-refractivity contribution in [2.24, 2.45) is 0 Å². The summed E-state index contributed by atoms with van der Waals surface area (Å²) < 4.78 is 0.715. The van der Waals surface area contributed by atoms with E-state index in [1.807, 2.05) is 25.1 Å². The van der Waals surface area contributed by atoms with Gasteiger partial charge in [0.05, 0.1) is 6.42 Å². The molecule has 1 aromatic carbocycles. The topological polar surface area (TPSA) is 44.9 Å². The van der Waals surface area contributed by atoms with Gasteiger partial charge < -0.3 is 10.3 Å². The van der Waals surface area contributed by atoms with Crippen LogP contribution in [0.3, 0.4) is 0 Å². The van der Waals surface area contributed by atoms with E-state index in [9.17, 15) is 4.79 Å². The van der Waals surface area contributed by atoms with Crippen molar-refractivity contribution in [1.29, 1.82) is 0 Å². The first-order chi connectivity index (χ1) is 9.45. The molecule has 3 nitrogen and oxygen atoms in total. The van der Waals surface area contributed by atoms with Gasteiger partial charge in [-0.05, 0) is 42.8 Å². The summed E-state index contributed by atoms with van der Waals surface area (Å²) in [5, 5.41) is 2.94. The van der Waals surface area contributed by atoms with Gasteiger partial charge in [0.25, 0.3) is 0 Å². The first-order valence-electron chi connectivity index (χ1n) is 6.54. The predicted molar refractivity (Wildman–Crippen MR) is 87.1 cm³/mol. The molecular formula is C15H18N2OS2. The summed E-state index contributed by atoms with van der Waals surface area (Å²) in [5.41, 5.74) is 3.04. The smallest absolute Gasteiger partial charge is 0.229 e. The zero-order valence-corrected chi connectivity index (χ0v) is 13.5. The normalized spacial score (nSPS) is 10.8. The highest BCUT2D eigenvalue weighted by molar-refractivity contribution is 7.73. The van der Waals surface area contributed by atoms with Gasteiger partial charge in [-0.25, -0.2) is 0 Å². The monoisotopic (exact) mass is 306 g/mol. The number of aryl methyl sites for hydroxylation is 1. The molecule has 1 amide bonds. The predicted octanol–water partition coefficient (Wildman–Crippen LogP) is 4.42. The van der Waals surface area contributed by atoms with Gasteiger partial charge in [-0.1, -0.05) is 26.0 Å². The lowest BCUT2D eigenvalue weighted by molar-refractivity contribution is -0.115. The summed E-state index contributed by atoms with van der Waals surface area (Å²) in [6, 6.07) is 7.98. The van der Waals surface area contributed by atoms with E-state index in [4.69, 9.17) is 12.2 Å². The highest BCUT2D eigenvalue weighted by Crippen LogP contribution is 2.20. The van der Waals surface area contributed by atoms with E-state index in [1.54, 1.807) is 0 Å². The molecule has 0 aliphatic heterocycles. The summed E-state index contributed by atoms with van der Waals surface area (Å²) in [6.07, 6.45) is 0.357. The van der Waals surface area contributed by atoms with Crippen LogP contribution < -0.4 is 5.32 Å². The summed E-state index contributed by atoms with van der Waals surface area (Å²) in [7, 11) is 0. The average Bonchev–Trinajstić information content (AvgIpc) is 2.67. The maximum absolute atomic E-state index is 12.1. The second-order valence-electron chi connectivity index (χ2n) is 5.07.